The smallest absolute Gasteiger partial charge is 0.226 e. The van der Waals surface area contributed by atoms with Gasteiger partial charge >= 0.3 is 0 Å². The van der Waals surface area contributed by atoms with Crippen molar-refractivity contribution in [1.29, 1.82) is 0 Å². The number of likely N-dealkylation sites (tertiary alicyclic amines) is 1. The number of nitrogens with zero attached hydrogens (tertiary/aromatic N) is 1. The van der Waals surface area contributed by atoms with Crippen molar-refractivity contribution < 1.29 is 4.79 Å². The number of fused-ring (bicyclic) bond motifs is 3. The molecule has 0 spiro atoms. The normalized spacial score (nSPS) is 32.3. The molecule has 3 unspecified atom stereocenters. The summed E-state index contributed by atoms with van der Waals surface area (Å²) in [5.74, 6) is 2.31. The van der Waals surface area contributed by atoms with E-state index in [0.29, 0.717) is 30.2 Å². The Morgan fingerprint density at radius 2 is 2.11 bits per heavy atom. The van der Waals surface area contributed by atoms with Crippen LogP contribution in [0.3, 0.4) is 0 Å². The highest BCUT2D eigenvalue weighted by molar-refractivity contribution is 5.85. The van der Waals surface area contributed by atoms with Gasteiger partial charge in [-0.1, -0.05) is 24.3 Å². The molecule has 3 nitrogen and oxygen atoms in total. The fourth-order valence-corrected chi connectivity index (χ4v) is 4.01. The van der Waals surface area contributed by atoms with Crippen molar-refractivity contribution in [3.8, 4) is 0 Å². The molecule has 3 heteroatoms. The van der Waals surface area contributed by atoms with E-state index >= 15 is 0 Å². The summed E-state index contributed by atoms with van der Waals surface area (Å²) in [6.07, 6.45) is 2.33. The molecule has 1 heterocycles. The van der Waals surface area contributed by atoms with Crippen molar-refractivity contribution in [2.24, 2.45) is 23.5 Å². The summed E-state index contributed by atoms with van der Waals surface area (Å²) < 4.78 is 0. The highest BCUT2D eigenvalue weighted by Crippen LogP contribution is 2.60. The van der Waals surface area contributed by atoms with Crippen LogP contribution in [0.25, 0.3) is 0 Å². The van der Waals surface area contributed by atoms with Crippen LogP contribution in [0.4, 0.5) is 0 Å². The minimum Gasteiger partial charge on any atom is -0.342 e. The Bertz CT molecular complexity index is 521. The zero-order chi connectivity index (χ0) is 13.0. The van der Waals surface area contributed by atoms with Gasteiger partial charge in [0.25, 0.3) is 0 Å². The fraction of sp³-hybridized carbons (Fsp3) is 0.562. The molecule has 1 saturated carbocycles. The van der Waals surface area contributed by atoms with Crippen LogP contribution in [0, 0.1) is 17.8 Å². The van der Waals surface area contributed by atoms with Gasteiger partial charge in [0.1, 0.15) is 0 Å². The molecular formula is C16H20N2O. The first-order valence-corrected chi connectivity index (χ1v) is 7.36. The summed E-state index contributed by atoms with van der Waals surface area (Å²) >= 11 is 0. The number of rotatable bonds is 2. The van der Waals surface area contributed by atoms with Crippen molar-refractivity contribution in [1.82, 2.24) is 4.90 Å². The van der Waals surface area contributed by atoms with E-state index < -0.39 is 0 Å². The zero-order valence-electron chi connectivity index (χ0n) is 11.1. The maximum atomic E-state index is 12.5. The van der Waals surface area contributed by atoms with Crippen LogP contribution in [0.15, 0.2) is 24.3 Å². The van der Waals surface area contributed by atoms with E-state index in [2.05, 4.69) is 24.3 Å². The predicted molar refractivity (Wildman–Crippen MR) is 73.6 cm³/mol. The molecule has 0 bridgehead atoms. The van der Waals surface area contributed by atoms with Crippen molar-refractivity contribution >= 4 is 5.91 Å². The molecule has 2 N–H and O–H groups in total. The first-order valence-electron chi connectivity index (χ1n) is 7.36. The van der Waals surface area contributed by atoms with Gasteiger partial charge in [0.2, 0.25) is 5.91 Å². The third kappa shape index (κ3) is 1.64. The number of benzene rings is 1. The number of carbonyl (C=O) groups is 1. The second-order valence-corrected chi connectivity index (χ2v) is 6.30. The molecule has 19 heavy (non-hydrogen) atoms. The predicted octanol–water partition coefficient (Wildman–Crippen LogP) is 1.38. The van der Waals surface area contributed by atoms with E-state index in [1.165, 1.54) is 17.5 Å². The molecule has 1 aromatic rings. The molecular weight excluding hydrogens is 236 g/mol. The lowest BCUT2D eigenvalue weighted by molar-refractivity contribution is -0.139. The van der Waals surface area contributed by atoms with E-state index in [1.807, 2.05) is 4.90 Å². The van der Waals surface area contributed by atoms with E-state index in [1.54, 1.807) is 0 Å². The summed E-state index contributed by atoms with van der Waals surface area (Å²) in [6, 6.07) is 8.66. The summed E-state index contributed by atoms with van der Waals surface area (Å²) in [6.45, 7) is 2.48. The average Bonchev–Trinajstić information content (AvgIpc) is 3.12. The van der Waals surface area contributed by atoms with Gasteiger partial charge < -0.3 is 10.6 Å². The monoisotopic (exact) mass is 256 g/mol. The number of hydrogen-bond acceptors (Lipinski definition) is 2. The van der Waals surface area contributed by atoms with Crippen LogP contribution < -0.4 is 5.73 Å². The van der Waals surface area contributed by atoms with Crippen LogP contribution in [0.5, 0.6) is 0 Å². The number of amides is 1. The molecule has 0 radical (unpaired) electrons. The van der Waals surface area contributed by atoms with Crippen molar-refractivity contribution in [3.63, 3.8) is 0 Å². The first-order chi connectivity index (χ1) is 9.29. The van der Waals surface area contributed by atoms with Crippen molar-refractivity contribution in [2.75, 3.05) is 19.6 Å². The highest BCUT2D eigenvalue weighted by atomic mass is 16.2. The van der Waals surface area contributed by atoms with E-state index in [0.717, 1.165) is 19.5 Å². The molecule has 1 aliphatic heterocycles. The minimum atomic E-state index is 0.266. The average molecular weight is 256 g/mol. The fourth-order valence-electron chi connectivity index (χ4n) is 4.01. The summed E-state index contributed by atoms with van der Waals surface area (Å²) in [5.41, 5.74) is 8.53. The van der Waals surface area contributed by atoms with E-state index in [-0.39, 0.29) is 5.92 Å². The SMILES string of the molecule is NCC1CN(C(=O)C2C3CCc4ccccc4C32)C1. The third-order valence-corrected chi connectivity index (χ3v) is 5.22. The van der Waals surface area contributed by atoms with Gasteiger partial charge in [0.05, 0.1) is 0 Å². The van der Waals surface area contributed by atoms with Gasteiger partial charge in [0, 0.05) is 24.9 Å². The summed E-state index contributed by atoms with van der Waals surface area (Å²) in [5, 5.41) is 0. The van der Waals surface area contributed by atoms with Gasteiger partial charge in [-0.2, -0.15) is 0 Å². The molecule has 0 aromatic heterocycles. The van der Waals surface area contributed by atoms with Crippen LogP contribution in [0.1, 0.15) is 23.5 Å². The Balaban J connectivity index is 1.50. The summed E-state index contributed by atoms with van der Waals surface area (Å²) in [4.78, 5) is 14.5. The highest BCUT2D eigenvalue weighted by Gasteiger charge is 2.58. The topological polar surface area (TPSA) is 46.3 Å². The maximum Gasteiger partial charge on any atom is 0.226 e. The van der Waals surface area contributed by atoms with Crippen LogP contribution >= 0.6 is 0 Å². The first kappa shape index (κ1) is 11.5. The Labute approximate surface area is 113 Å². The van der Waals surface area contributed by atoms with Crippen molar-refractivity contribution in [3.05, 3.63) is 35.4 Å². The Morgan fingerprint density at radius 3 is 2.89 bits per heavy atom. The molecule has 1 saturated heterocycles. The molecule has 2 fully saturated rings. The molecule has 3 aliphatic rings. The lowest BCUT2D eigenvalue weighted by Crippen LogP contribution is -2.53. The number of carbonyl (C=O) groups excluding carboxylic acids is 1. The van der Waals surface area contributed by atoms with Crippen molar-refractivity contribution in [2.45, 2.75) is 18.8 Å². The van der Waals surface area contributed by atoms with Gasteiger partial charge in [-0.3, -0.25) is 4.79 Å². The van der Waals surface area contributed by atoms with Gasteiger partial charge in [-0.15, -0.1) is 0 Å². The molecule has 1 aromatic carbocycles. The number of nitrogens with two attached hydrogens (primary N) is 1. The van der Waals surface area contributed by atoms with Crippen LogP contribution in [-0.2, 0) is 11.2 Å². The molecule has 100 valence electrons. The Kier molecular flexibility index (Phi) is 2.46. The van der Waals surface area contributed by atoms with Gasteiger partial charge in [-0.05, 0) is 42.3 Å². The van der Waals surface area contributed by atoms with Gasteiger partial charge in [0.15, 0.2) is 0 Å². The third-order valence-electron chi connectivity index (χ3n) is 5.22. The van der Waals surface area contributed by atoms with E-state index in [9.17, 15) is 4.79 Å². The largest absolute Gasteiger partial charge is 0.342 e. The molecule has 1 amide bonds. The molecule has 3 atom stereocenters. The number of hydrogen-bond donors (Lipinski definition) is 1. The lowest BCUT2D eigenvalue weighted by Gasteiger charge is -2.39. The molecule has 4 rings (SSSR count). The van der Waals surface area contributed by atoms with Gasteiger partial charge in [-0.25, -0.2) is 0 Å². The summed E-state index contributed by atoms with van der Waals surface area (Å²) in [7, 11) is 0. The lowest BCUT2D eigenvalue weighted by atomic mass is 9.92. The van der Waals surface area contributed by atoms with Crippen LogP contribution in [0.2, 0.25) is 0 Å². The maximum absolute atomic E-state index is 12.5. The second-order valence-electron chi connectivity index (χ2n) is 6.30. The Morgan fingerprint density at radius 1 is 1.32 bits per heavy atom. The second kappa shape index (κ2) is 4.07. The Hall–Kier alpha value is -1.35. The minimum absolute atomic E-state index is 0.266. The molecule has 2 aliphatic carbocycles. The quantitative estimate of drug-likeness (QED) is 0.869. The van der Waals surface area contributed by atoms with Crippen LogP contribution in [-0.4, -0.2) is 30.4 Å². The zero-order valence-corrected chi connectivity index (χ0v) is 11.1. The standard InChI is InChI=1S/C16H20N2O/c17-7-10-8-18(9-10)16(19)15-13-6-5-11-3-1-2-4-12(11)14(13)15/h1-4,10,13-15H,5-9,17H2. The van der Waals surface area contributed by atoms with E-state index in [4.69, 9.17) is 5.73 Å². The number of aryl methyl sites for hydroxylation is 1.